The van der Waals surface area contributed by atoms with Gasteiger partial charge in [-0.25, -0.2) is 0 Å². The minimum Gasteiger partial charge on any atom is -0.481 e. The number of pyridine rings is 1. The average molecular weight is 256 g/mol. The summed E-state index contributed by atoms with van der Waals surface area (Å²) in [6.07, 6.45) is 3.75. The zero-order valence-electron chi connectivity index (χ0n) is 10.7. The molecule has 1 heterocycles. The van der Waals surface area contributed by atoms with Crippen molar-refractivity contribution in [3.8, 4) is 0 Å². The number of nitrogens with two attached hydrogens (primary N) is 1. The van der Waals surface area contributed by atoms with Crippen LogP contribution in [0, 0.1) is 0 Å². The van der Waals surface area contributed by atoms with Gasteiger partial charge < -0.3 is 10.8 Å². The second-order valence-corrected chi connectivity index (χ2v) is 4.80. The number of nitrogen functional groups attached to an aromatic ring is 1. The van der Waals surface area contributed by atoms with E-state index in [1.165, 1.54) is 0 Å². The SMILES string of the molecule is CC(Cc1cccnc1)(C(=O)O)c1ccc(N)cc1. The summed E-state index contributed by atoms with van der Waals surface area (Å²) in [4.78, 5) is 15.7. The van der Waals surface area contributed by atoms with Gasteiger partial charge in [-0.3, -0.25) is 9.78 Å². The summed E-state index contributed by atoms with van der Waals surface area (Å²) >= 11 is 0. The highest BCUT2D eigenvalue weighted by Gasteiger charge is 2.35. The van der Waals surface area contributed by atoms with Crippen LogP contribution >= 0.6 is 0 Å². The molecule has 1 unspecified atom stereocenters. The molecule has 0 aliphatic carbocycles. The maximum absolute atomic E-state index is 11.7. The van der Waals surface area contributed by atoms with Crippen LogP contribution in [0.3, 0.4) is 0 Å². The van der Waals surface area contributed by atoms with Crippen LogP contribution in [-0.4, -0.2) is 16.1 Å². The second-order valence-electron chi connectivity index (χ2n) is 4.80. The molecule has 2 rings (SSSR count). The highest BCUT2D eigenvalue weighted by atomic mass is 16.4. The zero-order chi connectivity index (χ0) is 13.9. The van der Waals surface area contributed by atoms with Crippen molar-refractivity contribution in [2.24, 2.45) is 0 Å². The van der Waals surface area contributed by atoms with Crippen molar-refractivity contribution >= 4 is 11.7 Å². The van der Waals surface area contributed by atoms with Crippen molar-refractivity contribution in [1.29, 1.82) is 0 Å². The van der Waals surface area contributed by atoms with E-state index < -0.39 is 11.4 Å². The van der Waals surface area contributed by atoms with Crippen molar-refractivity contribution in [3.05, 3.63) is 59.9 Å². The molecule has 0 aliphatic rings. The first-order chi connectivity index (χ1) is 9.02. The molecule has 0 bridgehead atoms. The quantitative estimate of drug-likeness (QED) is 0.822. The van der Waals surface area contributed by atoms with Crippen LogP contribution in [0.1, 0.15) is 18.1 Å². The largest absolute Gasteiger partial charge is 0.481 e. The molecule has 1 aromatic heterocycles. The standard InChI is InChI=1S/C15H16N2O2/c1-15(14(18)19,9-11-3-2-8-17-10-11)12-4-6-13(16)7-5-12/h2-8,10H,9,16H2,1H3,(H,18,19). The van der Waals surface area contributed by atoms with E-state index in [4.69, 9.17) is 5.73 Å². The van der Waals surface area contributed by atoms with Crippen molar-refractivity contribution < 1.29 is 9.90 Å². The lowest BCUT2D eigenvalue weighted by Crippen LogP contribution is -2.34. The van der Waals surface area contributed by atoms with E-state index >= 15 is 0 Å². The van der Waals surface area contributed by atoms with Gasteiger partial charge in [0.1, 0.15) is 0 Å². The van der Waals surface area contributed by atoms with Crippen LogP contribution in [0.15, 0.2) is 48.8 Å². The van der Waals surface area contributed by atoms with E-state index in [1.54, 1.807) is 49.6 Å². The maximum atomic E-state index is 11.7. The Hall–Kier alpha value is -2.36. The first kappa shape index (κ1) is 13.1. The van der Waals surface area contributed by atoms with Gasteiger partial charge >= 0.3 is 5.97 Å². The Bertz CT molecular complexity index is 566. The number of aromatic nitrogens is 1. The molecule has 4 nitrogen and oxygen atoms in total. The molecule has 0 fully saturated rings. The van der Waals surface area contributed by atoms with Crippen LogP contribution in [0.5, 0.6) is 0 Å². The number of carbonyl (C=O) groups is 1. The topological polar surface area (TPSA) is 76.2 Å². The lowest BCUT2D eigenvalue weighted by Gasteiger charge is -2.25. The molecule has 3 N–H and O–H groups in total. The predicted molar refractivity (Wildman–Crippen MR) is 73.8 cm³/mol. The van der Waals surface area contributed by atoms with E-state index in [9.17, 15) is 9.90 Å². The number of hydrogen-bond donors (Lipinski definition) is 2. The number of carboxylic acid groups (broad SMARTS) is 1. The van der Waals surface area contributed by atoms with Crippen LogP contribution in [0.4, 0.5) is 5.69 Å². The number of carboxylic acids is 1. The predicted octanol–water partition coefficient (Wildman–Crippen LogP) is 2.25. The number of benzene rings is 1. The summed E-state index contributed by atoms with van der Waals surface area (Å²) in [7, 11) is 0. The minimum absolute atomic E-state index is 0.389. The first-order valence-electron chi connectivity index (χ1n) is 6.01. The van der Waals surface area contributed by atoms with Crippen LogP contribution in [0.2, 0.25) is 0 Å². The summed E-state index contributed by atoms with van der Waals surface area (Å²) in [5.41, 5.74) is 6.90. The normalized spacial score (nSPS) is 13.7. The Kier molecular flexibility index (Phi) is 3.51. The number of hydrogen-bond acceptors (Lipinski definition) is 3. The molecule has 1 atom stereocenters. The molecule has 2 aromatic rings. The number of rotatable bonds is 4. The third-order valence-corrected chi connectivity index (χ3v) is 3.30. The highest BCUT2D eigenvalue weighted by Crippen LogP contribution is 2.29. The van der Waals surface area contributed by atoms with E-state index in [0.717, 1.165) is 11.1 Å². The molecule has 0 radical (unpaired) electrons. The van der Waals surface area contributed by atoms with E-state index in [-0.39, 0.29) is 0 Å². The molecule has 98 valence electrons. The molecule has 1 aromatic carbocycles. The zero-order valence-corrected chi connectivity index (χ0v) is 10.7. The van der Waals surface area contributed by atoms with Gasteiger partial charge in [-0.2, -0.15) is 0 Å². The maximum Gasteiger partial charge on any atom is 0.314 e. The Morgan fingerprint density at radius 1 is 1.32 bits per heavy atom. The van der Waals surface area contributed by atoms with Gasteiger partial charge in [-0.15, -0.1) is 0 Å². The van der Waals surface area contributed by atoms with Crippen LogP contribution < -0.4 is 5.73 Å². The summed E-state index contributed by atoms with van der Waals surface area (Å²) < 4.78 is 0. The summed E-state index contributed by atoms with van der Waals surface area (Å²) in [6, 6.07) is 10.7. The molecule has 0 aliphatic heterocycles. The summed E-state index contributed by atoms with van der Waals surface area (Å²) in [5.74, 6) is -0.860. The van der Waals surface area contributed by atoms with Crippen molar-refractivity contribution in [2.45, 2.75) is 18.8 Å². The van der Waals surface area contributed by atoms with Gasteiger partial charge in [0.25, 0.3) is 0 Å². The Morgan fingerprint density at radius 3 is 2.53 bits per heavy atom. The van der Waals surface area contributed by atoms with Crippen molar-refractivity contribution in [1.82, 2.24) is 4.98 Å². The Morgan fingerprint density at radius 2 is 2.00 bits per heavy atom. The lowest BCUT2D eigenvalue weighted by atomic mass is 9.77. The fourth-order valence-electron chi connectivity index (χ4n) is 2.06. The molecule has 0 amide bonds. The lowest BCUT2D eigenvalue weighted by molar-refractivity contribution is -0.143. The van der Waals surface area contributed by atoms with Crippen molar-refractivity contribution in [3.63, 3.8) is 0 Å². The van der Waals surface area contributed by atoms with Gasteiger partial charge in [0.05, 0.1) is 5.41 Å². The minimum atomic E-state index is -0.989. The Labute approximate surface area is 111 Å². The third-order valence-electron chi connectivity index (χ3n) is 3.30. The van der Waals surface area contributed by atoms with Crippen LogP contribution in [-0.2, 0) is 16.6 Å². The van der Waals surface area contributed by atoms with Gasteiger partial charge in [-0.1, -0.05) is 18.2 Å². The van der Waals surface area contributed by atoms with Gasteiger partial charge in [0.2, 0.25) is 0 Å². The van der Waals surface area contributed by atoms with Crippen LogP contribution in [0.25, 0.3) is 0 Å². The monoisotopic (exact) mass is 256 g/mol. The summed E-state index contributed by atoms with van der Waals surface area (Å²) in [5, 5.41) is 9.56. The van der Waals surface area contributed by atoms with E-state index in [0.29, 0.717) is 12.1 Å². The molecular formula is C15H16N2O2. The number of anilines is 1. The molecule has 0 saturated heterocycles. The molecule has 0 spiro atoms. The molecule has 4 heteroatoms. The van der Waals surface area contributed by atoms with E-state index in [2.05, 4.69) is 4.98 Å². The van der Waals surface area contributed by atoms with Crippen molar-refractivity contribution in [2.75, 3.05) is 5.73 Å². The Balaban J connectivity index is 2.38. The highest BCUT2D eigenvalue weighted by molar-refractivity contribution is 5.81. The van der Waals surface area contributed by atoms with E-state index in [1.807, 2.05) is 6.07 Å². The fourth-order valence-corrected chi connectivity index (χ4v) is 2.06. The summed E-state index contributed by atoms with van der Waals surface area (Å²) in [6.45, 7) is 1.72. The van der Waals surface area contributed by atoms with Gasteiger partial charge in [-0.05, 0) is 42.7 Å². The average Bonchev–Trinajstić information content (AvgIpc) is 2.40. The fraction of sp³-hybridized carbons (Fsp3) is 0.200. The molecule has 19 heavy (non-hydrogen) atoms. The van der Waals surface area contributed by atoms with Gasteiger partial charge in [0.15, 0.2) is 0 Å². The third kappa shape index (κ3) is 2.73. The molecular weight excluding hydrogens is 240 g/mol. The second kappa shape index (κ2) is 5.10. The smallest absolute Gasteiger partial charge is 0.314 e. The number of nitrogens with zero attached hydrogens (tertiary/aromatic N) is 1. The molecule has 0 saturated carbocycles. The van der Waals surface area contributed by atoms with Gasteiger partial charge in [0, 0.05) is 18.1 Å². The number of aliphatic carboxylic acids is 1. The first-order valence-corrected chi connectivity index (χ1v) is 6.01.